The Balaban J connectivity index is 1.45. The van der Waals surface area contributed by atoms with E-state index in [-0.39, 0.29) is 5.25 Å². The number of aromatic nitrogens is 3. The van der Waals surface area contributed by atoms with Crippen molar-refractivity contribution in [1.82, 2.24) is 25.2 Å². The molecule has 0 unspecified atom stereocenters. The largest absolute Gasteiger partial charge is 0.378 e. The number of nitrogens with zero attached hydrogens (tertiary/aromatic N) is 4. The van der Waals surface area contributed by atoms with Gasteiger partial charge in [-0.3, -0.25) is 4.90 Å². The van der Waals surface area contributed by atoms with Gasteiger partial charge in [-0.1, -0.05) is 16.8 Å². The van der Waals surface area contributed by atoms with Crippen LogP contribution in [0.1, 0.15) is 5.69 Å². The lowest BCUT2D eigenvalue weighted by atomic mass is 10.2. The second kappa shape index (κ2) is 14.3. The first-order valence-corrected chi connectivity index (χ1v) is 12.7. The Hall–Kier alpha value is -0.860. The second-order valence-corrected chi connectivity index (χ2v) is 9.93. The highest BCUT2D eigenvalue weighted by Crippen LogP contribution is 2.21. The number of hydrogen-bond donors (Lipinski definition) is 1. The van der Waals surface area contributed by atoms with Gasteiger partial charge in [-0.2, -0.15) is 0 Å². The third-order valence-corrected chi connectivity index (χ3v) is 6.62. The number of nitrogens with one attached hydrogen (secondary N) is 1. The van der Waals surface area contributed by atoms with Crippen LogP contribution in [0.25, 0.3) is 0 Å². The van der Waals surface area contributed by atoms with Crippen molar-refractivity contribution in [2.75, 3.05) is 85.8 Å². The van der Waals surface area contributed by atoms with Crippen molar-refractivity contribution in [3.8, 4) is 0 Å². The molecular formula is C18H34ClN5O6S. The zero-order valence-corrected chi connectivity index (χ0v) is 19.9. The number of sulfone groups is 1. The lowest BCUT2D eigenvalue weighted by Crippen LogP contribution is -2.53. The van der Waals surface area contributed by atoms with Crippen LogP contribution in [-0.2, 0) is 41.9 Å². The summed E-state index contributed by atoms with van der Waals surface area (Å²) in [6.45, 7) is 7.03. The minimum Gasteiger partial charge on any atom is -0.378 e. The SMILES string of the molecule is CNCCOCCOCCOCCOCCn1nnc(CN2CC(S(C)(=O)=O)C2)c1Cl. The van der Waals surface area contributed by atoms with Gasteiger partial charge in [-0.15, -0.1) is 5.10 Å². The minimum atomic E-state index is -2.98. The lowest BCUT2D eigenvalue weighted by Gasteiger charge is -2.37. The Kier molecular flexibility index (Phi) is 12.2. The summed E-state index contributed by atoms with van der Waals surface area (Å²) in [6, 6.07) is 0. The van der Waals surface area contributed by atoms with Gasteiger partial charge in [-0.05, 0) is 7.05 Å². The molecule has 1 aliphatic heterocycles. The van der Waals surface area contributed by atoms with E-state index in [1.807, 2.05) is 11.9 Å². The van der Waals surface area contributed by atoms with Crippen molar-refractivity contribution < 1.29 is 27.4 Å². The molecule has 1 aromatic heterocycles. The quantitative estimate of drug-likeness (QED) is 0.272. The molecule has 1 aliphatic rings. The summed E-state index contributed by atoms with van der Waals surface area (Å²) >= 11 is 6.32. The number of likely N-dealkylation sites (tertiary alicyclic amines) is 1. The van der Waals surface area contributed by atoms with Crippen LogP contribution in [0, 0.1) is 0 Å². The molecule has 2 rings (SSSR count). The van der Waals surface area contributed by atoms with Crippen molar-refractivity contribution in [2.24, 2.45) is 0 Å². The molecule has 1 N–H and O–H groups in total. The van der Waals surface area contributed by atoms with E-state index in [1.54, 1.807) is 4.68 Å². The number of rotatable bonds is 18. The topological polar surface area (TPSA) is 117 Å². The molecule has 1 saturated heterocycles. The predicted octanol–water partition coefficient (Wildman–Crippen LogP) is -0.554. The summed E-state index contributed by atoms with van der Waals surface area (Å²) in [5.74, 6) is 0. The number of halogens is 1. The highest BCUT2D eigenvalue weighted by atomic mass is 35.5. The van der Waals surface area contributed by atoms with E-state index >= 15 is 0 Å². The third kappa shape index (κ3) is 10.1. The summed E-state index contributed by atoms with van der Waals surface area (Å²) in [4.78, 5) is 1.99. The van der Waals surface area contributed by atoms with E-state index in [0.29, 0.717) is 89.9 Å². The van der Waals surface area contributed by atoms with Gasteiger partial charge in [0, 0.05) is 32.4 Å². The summed E-state index contributed by atoms with van der Waals surface area (Å²) in [5, 5.41) is 11.3. The van der Waals surface area contributed by atoms with E-state index in [2.05, 4.69) is 15.6 Å². The number of likely N-dealkylation sites (N-methyl/N-ethyl adjacent to an activating group) is 1. The van der Waals surface area contributed by atoms with E-state index in [4.69, 9.17) is 30.5 Å². The van der Waals surface area contributed by atoms with Crippen LogP contribution in [-0.4, -0.2) is 119 Å². The molecule has 0 radical (unpaired) electrons. The van der Waals surface area contributed by atoms with Crippen LogP contribution >= 0.6 is 11.6 Å². The molecule has 1 aromatic rings. The molecule has 13 heteroatoms. The molecule has 0 amide bonds. The van der Waals surface area contributed by atoms with E-state index in [0.717, 1.165) is 6.54 Å². The minimum absolute atomic E-state index is 0.300. The number of ether oxygens (including phenoxy) is 4. The Morgan fingerprint density at radius 1 is 1.00 bits per heavy atom. The standard InChI is InChI=1S/C18H34ClN5O6S/c1-20-3-5-27-7-9-29-11-12-30-10-8-28-6-4-24-18(19)17(21-22-24)15-23-13-16(14-23)31(2,25)26/h16,20H,3-15H2,1-2H3. The molecular weight excluding hydrogens is 450 g/mol. The van der Waals surface area contributed by atoms with Crippen LogP contribution in [0.3, 0.4) is 0 Å². The Morgan fingerprint density at radius 2 is 1.55 bits per heavy atom. The molecule has 0 bridgehead atoms. The van der Waals surface area contributed by atoms with Crippen molar-refractivity contribution in [3.05, 3.63) is 10.8 Å². The first kappa shape index (κ1) is 26.4. The highest BCUT2D eigenvalue weighted by molar-refractivity contribution is 7.91. The lowest BCUT2D eigenvalue weighted by molar-refractivity contribution is -0.00234. The Morgan fingerprint density at radius 3 is 2.10 bits per heavy atom. The van der Waals surface area contributed by atoms with Crippen LogP contribution in [0.15, 0.2) is 0 Å². The molecule has 31 heavy (non-hydrogen) atoms. The van der Waals surface area contributed by atoms with Crippen LogP contribution in [0.2, 0.25) is 5.15 Å². The Labute approximate surface area is 189 Å². The molecule has 0 spiro atoms. The fraction of sp³-hybridized carbons (Fsp3) is 0.889. The van der Waals surface area contributed by atoms with E-state index < -0.39 is 9.84 Å². The van der Waals surface area contributed by atoms with Crippen LogP contribution in [0.5, 0.6) is 0 Å². The van der Waals surface area contributed by atoms with E-state index in [1.165, 1.54) is 6.26 Å². The zero-order chi connectivity index (χ0) is 22.5. The van der Waals surface area contributed by atoms with Gasteiger partial charge >= 0.3 is 0 Å². The molecule has 0 atom stereocenters. The molecule has 0 aromatic carbocycles. The maximum atomic E-state index is 11.5. The van der Waals surface area contributed by atoms with Gasteiger partial charge in [0.25, 0.3) is 0 Å². The first-order chi connectivity index (χ1) is 14.9. The normalized spacial score (nSPS) is 15.5. The molecule has 180 valence electrons. The molecule has 0 saturated carbocycles. The maximum absolute atomic E-state index is 11.5. The van der Waals surface area contributed by atoms with Crippen LogP contribution < -0.4 is 5.32 Å². The van der Waals surface area contributed by atoms with Crippen molar-refractivity contribution in [2.45, 2.75) is 18.3 Å². The average molecular weight is 484 g/mol. The third-order valence-electron chi connectivity index (χ3n) is 4.70. The monoisotopic (exact) mass is 483 g/mol. The molecule has 2 heterocycles. The highest BCUT2D eigenvalue weighted by Gasteiger charge is 2.35. The molecule has 1 fully saturated rings. The molecule has 11 nitrogen and oxygen atoms in total. The summed E-state index contributed by atoms with van der Waals surface area (Å²) in [5.41, 5.74) is 0.643. The van der Waals surface area contributed by atoms with Crippen LogP contribution in [0.4, 0.5) is 0 Å². The van der Waals surface area contributed by atoms with Gasteiger partial charge in [0.15, 0.2) is 15.0 Å². The smallest absolute Gasteiger partial charge is 0.152 e. The molecule has 0 aliphatic carbocycles. The summed E-state index contributed by atoms with van der Waals surface area (Å²) in [7, 11) is -1.10. The first-order valence-electron chi connectivity index (χ1n) is 10.4. The fourth-order valence-corrected chi connectivity index (χ4v) is 3.98. The van der Waals surface area contributed by atoms with Crippen molar-refractivity contribution in [1.29, 1.82) is 0 Å². The average Bonchev–Trinajstić information content (AvgIpc) is 3.03. The summed E-state index contributed by atoms with van der Waals surface area (Å²) in [6.07, 6.45) is 1.27. The number of hydrogen-bond acceptors (Lipinski definition) is 10. The second-order valence-electron chi connectivity index (χ2n) is 7.25. The van der Waals surface area contributed by atoms with Gasteiger partial charge in [-0.25, -0.2) is 13.1 Å². The van der Waals surface area contributed by atoms with E-state index in [9.17, 15) is 8.42 Å². The van der Waals surface area contributed by atoms with Crippen molar-refractivity contribution in [3.63, 3.8) is 0 Å². The maximum Gasteiger partial charge on any atom is 0.152 e. The fourth-order valence-electron chi connectivity index (χ4n) is 2.80. The summed E-state index contributed by atoms with van der Waals surface area (Å²) < 4.78 is 46.2. The Bertz CT molecular complexity index is 729. The van der Waals surface area contributed by atoms with Gasteiger partial charge in [0.2, 0.25) is 0 Å². The van der Waals surface area contributed by atoms with Gasteiger partial charge in [0.05, 0.1) is 64.6 Å². The van der Waals surface area contributed by atoms with Gasteiger partial charge < -0.3 is 24.3 Å². The predicted molar refractivity (Wildman–Crippen MR) is 116 cm³/mol. The van der Waals surface area contributed by atoms with Gasteiger partial charge in [0.1, 0.15) is 5.69 Å². The zero-order valence-electron chi connectivity index (χ0n) is 18.3. The van der Waals surface area contributed by atoms with Crippen molar-refractivity contribution >= 4 is 21.4 Å².